The van der Waals surface area contributed by atoms with Gasteiger partial charge in [0.1, 0.15) is 6.67 Å². The molecule has 1 fully saturated rings. The highest BCUT2D eigenvalue weighted by Crippen LogP contribution is 2.23. The summed E-state index contributed by atoms with van der Waals surface area (Å²) in [6, 6.07) is 6.28. The highest BCUT2D eigenvalue weighted by Gasteiger charge is 2.22. The molecule has 1 aliphatic rings. The summed E-state index contributed by atoms with van der Waals surface area (Å²) in [6.07, 6.45) is 0. The fourth-order valence-corrected chi connectivity index (χ4v) is 2.59. The number of nitrogens with one attached hydrogen (secondary N) is 1. The van der Waals surface area contributed by atoms with Crippen LogP contribution in [-0.2, 0) is 0 Å². The zero-order valence-electron chi connectivity index (χ0n) is 11.5. The van der Waals surface area contributed by atoms with Crippen LogP contribution in [0.25, 0.3) is 0 Å². The van der Waals surface area contributed by atoms with Gasteiger partial charge in [-0.05, 0) is 19.4 Å². The minimum absolute atomic E-state index is 0. The molecule has 1 heterocycles. The van der Waals surface area contributed by atoms with Crippen LogP contribution in [0.3, 0.4) is 0 Å². The third-order valence-electron chi connectivity index (χ3n) is 3.37. The molecule has 5 heteroatoms. The second kappa shape index (κ2) is 8.75. The molecular formula is C14H23Cl2FN2. The Morgan fingerprint density at radius 3 is 2.11 bits per heavy atom. The van der Waals surface area contributed by atoms with Crippen LogP contribution in [0.1, 0.15) is 22.7 Å². The molecular weight excluding hydrogens is 286 g/mol. The van der Waals surface area contributed by atoms with Crippen molar-refractivity contribution >= 4 is 24.8 Å². The Bertz CT molecular complexity index is 361. The van der Waals surface area contributed by atoms with Crippen LogP contribution in [0.15, 0.2) is 18.2 Å². The zero-order valence-corrected chi connectivity index (χ0v) is 13.1. The van der Waals surface area contributed by atoms with Gasteiger partial charge in [0.25, 0.3) is 0 Å². The lowest BCUT2D eigenvalue weighted by Crippen LogP contribution is -2.45. The fraction of sp³-hybridized carbons (Fsp3) is 0.571. The van der Waals surface area contributed by atoms with Crippen LogP contribution in [-0.4, -0.2) is 37.8 Å². The smallest absolute Gasteiger partial charge is 0.109 e. The molecule has 1 saturated heterocycles. The van der Waals surface area contributed by atoms with Crippen LogP contribution in [0.4, 0.5) is 4.39 Å². The normalized spacial score (nSPS) is 17.2. The van der Waals surface area contributed by atoms with Crippen molar-refractivity contribution in [2.45, 2.75) is 19.9 Å². The Morgan fingerprint density at radius 2 is 1.63 bits per heavy atom. The molecule has 2 rings (SSSR count). The highest BCUT2D eigenvalue weighted by molar-refractivity contribution is 5.85. The molecule has 1 aliphatic heterocycles. The third kappa shape index (κ3) is 4.92. The van der Waals surface area contributed by atoms with E-state index in [1.54, 1.807) is 0 Å². The molecule has 0 spiro atoms. The van der Waals surface area contributed by atoms with Gasteiger partial charge in [-0.15, -0.1) is 24.8 Å². The average Bonchev–Trinajstić information content (AvgIpc) is 2.30. The van der Waals surface area contributed by atoms with E-state index in [1.165, 1.54) is 11.1 Å². The van der Waals surface area contributed by atoms with Gasteiger partial charge in [-0.25, -0.2) is 4.39 Å². The Hall–Kier alpha value is -0.350. The summed E-state index contributed by atoms with van der Waals surface area (Å²) >= 11 is 0. The maximum absolute atomic E-state index is 13.3. The number of hydrogen-bond donors (Lipinski definition) is 1. The van der Waals surface area contributed by atoms with E-state index in [1.807, 2.05) is 0 Å². The molecule has 1 aromatic rings. The third-order valence-corrected chi connectivity index (χ3v) is 3.37. The number of alkyl halides is 1. The van der Waals surface area contributed by atoms with Gasteiger partial charge < -0.3 is 5.32 Å². The monoisotopic (exact) mass is 308 g/mol. The van der Waals surface area contributed by atoms with E-state index in [-0.39, 0.29) is 37.5 Å². The van der Waals surface area contributed by atoms with Gasteiger partial charge in [-0.3, -0.25) is 4.90 Å². The number of rotatable bonds is 3. The van der Waals surface area contributed by atoms with Crippen molar-refractivity contribution in [1.82, 2.24) is 10.2 Å². The van der Waals surface area contributed by atoms with Gasteiger partial charge in [0.2, 0.25) is 0 Å². The lowest BCUT2D eigenvalue weighted by molar-refractivity contribution is 0.147. The predicted octanol–water partition coefficient (Wildman–Crippen LogP) is 3.06. The van der Waals surface area contributed by atoms with Crippen LogP contribution >= 0.6 is 24.8 Å². The summed E-state index contributed by atoms with van der Waals surface area (Å²) in [7, 11) is 0. The number of nitrogens with zero attached hydrogens (tertiary/aromatic N) is 1. The quantitative estimate of drug-likeness (QED) is 0.923. The molecule has 0 bridgehead atoms. The first kappa shape index (κ1) is 18.7. The lowest BCUT2D eigenvalue weighted by Gasteiger charge is -2.34. The van der Waals surface area contributed by atoms with E-state index in [0.29, 0.717) is 0 Å². The van der Waals surface area contributed by atoms with Crippen LogP contribution in [0.5, 0.6) is 0 Å². The van der Waals surface area contributed by atoms with E-state index < -0.39 is 0 Å². The Labute approximate surface area is 127 Å². The molecule has 0 saturated carbocycles. The van der Waals surface area contributed by atoms with E-state index >= 15 is 0 Å². The molecule has 110 valence electrons. The van der Waals surface area contributed by atoms with Crippen LogP contribution < -0.4 is 5.32 Å². The largest absolute Gasteiger partial charge is 0.314 e. The standard InChI is InChI=1S/C14H21FN2.2ClH/c1-11-7-12(2)9-13(8-11)14(10-15)17-5-3-16-4-6-17;;/h7-9,14,16H,3-6,10H2,1-2H3;2*1H/t14-;;/m0../s1. The first-order valence-electron chi connectivity index (χ1n) is 6.29. The molecule has 19 heavy (non-hydrogen) atoms. The summed E-state index contributed by atoms with van der Waals surface area (Å²) in [4.78, 5) is 2.24. The first-order chi connectivity index (χ1) is 8.20. The van der Waals surface area contributed by atoms with Crippen molar-refractivity contribution in [2.75, 3.05) is 32.9 Å². The SMILES string of the molecule is Cc1cc(C)cc([C@H](CF)N2CCNCC2)c1.Cl.Cl. The van der Waals surface area contributed by atoms with E-state index in [9.17, 15) is 4.39 Å². The maximum atomic E-state index is 13.3. The van der Waals surface area contributed by atoms with Gasteiger partial charge in [-0.1, -0.05) is 29.3 Å². The summed E-state index contributed by atoms with van der Waals surface area (Å²) in [6.45, 7) is 7.63. The van der Waals surface area contributed by atoms with Gasteiger partial charge in [0.05, 0.1) is 6.04 Å². The summed E-state index contributed by atoms with van der Waals surface area (Å²) in [5.41, 5.74) is 3.55. The summed E-state index contributed by atoms with van der Waals surface area (Å²) in [5, 5.41) is 3.30. The number of hydrogen-bond acceptors (Lipinski definition) is 2. The van der Waals surface area contributed by atoms with Crippen molar-refractivity contribution in [1.29, 1.82) is 0 Å². The Balaban J connectivity index is 0.00000162. The molecule has 0 unspecified atom stereocenters. The molecule has 0 amide bonds. The van der Waals surface area contributed by atoms with Crippen molar-refractivity contribution in [3.63, 3.8) is 0 Å². The molecule has 1 atom stereocenters. The lowest BCUT2D eigenvalue weighted by atomic mass is 10.0. The first-order valence-corrected chi connectivity index (χ1v) is 6.29. The van der Waals surface area contributed by atoms with Crippen LogP contribution in [0.2, 0.25) is 0 Å². The van der Waals surface area contributed by atoms with Crippen molar-refractivity contribution < 1.29 is 4.39 Å². The topological polar surface area (TPSA) is 15.3 Å². The minimum atomic E-state index is -0.303. The van der Waals surface area contributed by atoms with Gasteiger partial charge in [0, 0.05) is 26.2 Å². The Morgan fingerprint density at radius 1 is 1.11 bits per heavy atom. The average molecular weight is 309 g/mol. The number of benzene rings is 1. The van der Waals surface area contributed by atoms with E-state index in [2.05, 4.69) is 42.3 Å². The Kier molecular flexibility index (Phi) is 8.59. The predicted molar refractivity (Wildman–Crippen MR) is 83.6 cm³/mol. The molecule has 1 aromatic carbocycles. The van der Waals surface area contributed by atoms with Gasteiger partial charge in [0.15, 0.2) is 0 Å². The second-order valence-corrected chi connectivity index (χ2v) is 4.88. The highest BCUT2D eigenvalue weighted by atomic mass is 35.5. The van der Waals surface area contributed by atoms with Crippen LogP contribution in [0, 0.1) is 13.8 Å². The van der Waals surface area contributed by atoms with Crippen molar-refractivity contribution in [3.05, 3.63) is 34.9 Å². The second-order valence-electron chi connectivity index (χ2n) is 4.88. The van der Waals surface area contributed by atoms with E-state index in [0.717, 1.165) is 31.7 Å². The maximum Gasteiger partial charge on any atom is 0.109 e. The molecule has 1 N–H and O–H groups in total. The number of aryl methyl sites for hydroxylation is 2. The molecule has 2 nitrogen and oxygen atoms in total. The van der Waals surface area contributed by atoms with Gasteiger partial charge in [-0.2, -0.15) is 0 Å². The summed E-state index contributed by atoms with van der Waals surface area (Å²) < 4.78 is 13.3. The number of halogens is 3. The molecule has 0 aromatic heterocycles. The fourth-order valence-electron chi connectivity index (χ4n) is 2.59. The van der Waals surface area contributed by atoms with Gasteiger partial charge >= 0.3 is 0 Å². The van der Waals surface area contributed by atoms with Crippen molar-refractivity contribution in [2.24, 2.45) is 0 Å². The van der Waals surface area contributed by atoms with E-state index in [4.69, 9.17) is 0 Å². The summed E-state index contributed by atoms with van der Waals surface area (Å²) in [5.74, 6) is 0. The minimum Gasteiger partial charge on any atom is -0.314 e. The molecule has 0 radical (unpaired) electrons. The molecule has 0 aliphatic carbocycles. The zero-order chi connectivity index (χ0) is 12.3. The number of piperazine rings is 1. The van der Waals surface area contributed by atoms with Crippen molar-refractivity contribution in [3.8, 4) is 0 Å².